The third-order valence-corrected chi connectivity index (χ3v) is 7.06. The molecule has 2 saturated heterocycles. The topological polar surface area (TPSA) is 163 Å². The first-order valence-corrected chi connectivity index (χ1v) is 13.9. The molecular formula is C29H36N10O3. The van der Waals surface area contributed by atoms with E-state index < -0.39 is 5.97 Å². The number of nitrogens with one attached hydrogen (secondary N) is 2. The number of carboxylic acid groups (broad SMARTS) is 1. The van der Waals surface area contributed by atoms with Crippen LogP contribution in [-0.2, 0) is 4.79 Å². The Hall–Kier alpha value is -4.83. The number of aliphatic carboxylic acids is 1. The van der Waals surface area contributed by atoms with Gasteiger partial charge >= 0.3 is 0 Å². The minimum absolute atomic E-state index is 0.0698. The fraction of sp³-hybridized carbons (Fsp3) is 0.414. The molecule has 0 bridgehead atoms. The molecule has 0 saturated carbocycles. The molecule has 2 aliphatic heterocycles. The number of carboxylic acids is 1. The fourth-order valence-electron chi connectivity index (χ4n) is 4.99. The van der Waals surface area contributed by atoms with Crippen LogP contribution in [0.4, 0.5) is 11.5 Å². The maximum atomic E-state index is 12.8. The summed E-state index contributed by atoms with van der Waals surface area (Å²) in [5.41, 5.74) is 1.98. The zero-order valence-electron chi connectivity index (χ0n) is 24.1. The highest BCUT2D eigenvalue weighted by molar-refractivity contribution is 5.94. The Labute approximate surface area is 244 Å². The highest BCUT2D eigenvalue weighted by Gasteiger charge is 2.32. The molecule has 2 aliphatic rings. The van der Waals surface area contributed by atoms with Gasteiger partial charge in [0.15, 0.2) is 6.19 Å². The van der Waals surface area contributed by atoms with Crippen molar-refractivity contribution in [2.45, 2.75) is 26.8 Å². The predicted molar refractivity (Wildman–Crippen MR) is 159 cm³/mol. The number of carbonyl (C=O) groups excluding carboxylic acids is 1. The van der Waals surface area contributed by atoms with E-state index in [2.05, 4.69) is 55.4 Å². The average Bonchev–Trinajstić information content (AvgIpc) is 3.00. The van der Waals surface area contributed by atoms with Gasteiger partial charge in [-0.15, -0.1) is 0 Å². The van der Waals surface area contributed by atoms with Crippen molar-refractivity contribution in [3.8, 4) is 6.19 Å². The number of benzene rings is 1. The zero-order chi connectivity index (χ0) is 30.1. The third-order valence-electron chi connectivity index (χ3n) is 7.06. The Balaban J connectivity index is 0.000000952. The molecule has 0 spiro atoms. The minimum atomic E-state index is -0.833. The number of aromatic nitrogens is 3. The summed E-state index contributed by atoms with van der Waals surface area (Å²) in [6.45, 7) is 10.3. The Morgan fingerprint density at radius 3 is 2.52 bits per heavy atom. The van der Waals surface area contributed by atoms with Crippen LogP contribution in [-0.4, -0.2) is 99.5 Å². The van der Waals surface area contributed by atoms with Gasteiger partial charge in [-0.2, -0.15) is 5.26 Å². The largest absolute Gasteiger partial charge is 0.481 e. The molecule has 3 N–H and O–H groups in total. The zero-order valence-corrected chi connectivity index (χ0v) is 24.1. The molecule has 1 atom stereocenters. The van der Waals surface area contributed by atoms with Crippen molar-refractivity contribution in [3.05, 3.63) is 54.6 Å². The van der Waals surface area contributed by atoms with Crippen LogP contribution in [0.2, 0.25) is 0 Å². The van der Waals surface area contributed by atoms with E-state index in [4.69, 9.17) is 14.9 Å². The van der Waals surface area contributed by atoms with Gasteiger partial charge in [-0.05, 0) is 30.2 Å². The average molecular weight is 573 g/mol. The fourth-order valence-corrected chi connectivity index (χ4v) is 4.99. The van der Waals surface area contributed by atoms with Crippen molar-refractivity contribution in [2.24, 2.45) is 10.9 Å². The molecular weight excluding hydrogens is 536 g/mol. The second kappa shape index (κ2) is 14.2. The Morgan fingerprint density at radius 1 is 1.10 bits per heavy atom. The van der Waals surface area contributed by atoms with Gasteiger partial charge in [0, 0.05) is 64.3 Å². The van der Waals surface area contributed by atoms with Crippen molar-refractivity contribution in [2.75, 3.05) is 50.7 Å². The lowest BCUT2D eigenvalue weighted by atomic mass is 10.00. The third kappa shape index (κ3) is 7.46. The van der Waals surface area contributed by atoms with Crippen LogP contribution in [0.1, 0.15) is 31.3 Å². The first-order chi connectivity index (χ1) is 20.3. The number of guanidine groups is 1. The monoisotopic (exact) mass is 572 g/mol. The Kier molecular flexibility index (Phi) is 10.2. The molecule has 1 amide bonds. The summed E-state index contributed by atoms with van der Waals surface area (Å²) in [6.07, 6.45) is 7.09. The number of amides is 1. The number of hydrogen-bond donors (Lipinski definition) is 3. The van der Waals surface area contributed by atoms with Crippen molar-refractivity contribution < 1.29 is 14.7 Å². The van der Waals surface area contributed by atoms with Gasteiger partial charge in [0.25, 0.3) is 11.9 Å². The van der Waals surface area contributed by atoms with Gasteiger partial charge in [-0.1, -0.05) is 19.9 Å². The molecule has 1 aromatic carbocycles. The number of nitriles is 1. The molecule has 42 heavy (non-hydrogen) atoms. The van der Waals surface area contributed by atoms with Crippen molar-refractivity contribution in [1.82, 2.24) is 35.4 Å². The van der Waals surface area contributed by atoms with E-state index in [1.807, 2.05) is 35.2 Å². The summed E-state index contributed by atoms with van der Waals surface area (Å²) in [5, 5.41) is 24.0. The van der Waals surface area contributed by atoms with Gasteiger partial charge in [-0.3, -0.25) is 19.9 Å². The van der Waals surface area contributed by atoms with Crippen LogP contribution in [0, 0.1) is 17.4 Å². The summed E-state index contributed by atoms with van der Waals surface area (Å²) in [5.74, 6) is 0.617. The van der Waals surface area contributed by atoms with Crippen molar-refractivity contribution in [1.29, 1.82) is 5.26 Å². The summed E-state index contributed by atoms with van der Waals surface area (Å²) in [7, 11) is 0. The van der Waals surface area contributed by atoms with Crippen LogP contribution in [0.3, 0.4) is 0 Å². The summed E-state index contributed by atoms with van der Waals surface area (Å²) < 4.78 is 0. The van der Waals surface area contributed by atoms with E-state index in [0.29, 0.717) is 44.4 Å². The summed E-state index contributed by atoms with van der Waals surface area (Å²) in [6, 6.07) is 9.75. The highest BCUT2D eigenvalue weighted by atomic mass is 16.4. The first kappa shape index (κ1) is 30.1. The molecule has 220 valence electrons. The SMILES string of the molecule is CC(=O)O.CC(C)C1CN(c2cnc(C(=O)N3CCNCC3)cn2)CCN1C(=Nc1cccc2ncccc12)NC#N. The summed E-state index contributed by atoms with van der Waals surface area (Å²) in [4.78, 5) is 46.3. The second-order valence-electron chi connectivity index (χ2n) is 10.3. The van der Waals surface area contributed by atoms with Gasteiger partial charge in [-0.25, -0.2) is 15.0 Å². The molecule has 5 rings (SSSR count). The standard InChI is InChI=1S/C27H32N10O.C2H4O2/c1-19(2)24-17-36(25-16-31-23(15-32-25)26(38)35-11-9-29-10-12-35)13-14-37(24)27(33-18-28)34-22-7-3-6-21-20(22)5-4-8-30-21;1-2(3)4/h3-8,15-16,19,24,29H,9-14,17H2,1-2H3,(H,33,34);1H3,(H,3,4). The lowest BCUT2D eigenvalue weighted by Gasteiger charge is -2.44. The van der Waals surface area contributed by atoms with E-state index in [0.717, 1.165) is 42.4 Å². The lowest BCUT2D eigenvalue weighted by molar-refractivity contribution is -0.134. The molecule has 13 heteroatoms. The molecule has 1 unspecified atom stereocenters. The number of piperazine rings is 2. The number of anilines is 1. The van der Waals surface area contributed by atoms with Crippen LogP contribution >= 0.6 is 0 Å². The van der Waals surface area contributed by atoms with Gasteiger partial charge in [0.05, 0.1) is 29.6 Å². The van der Waals surface area contributed by atoms with E-state index in [-0.39, 0.29) is 17.9 Å². The molecule has 2 fully saturated rings. The molecule has 3 aromatic rings. The number of fused-ring (bicyclic) bond motifs is 1. The van der Waals surface area contributed by atoms with Crippen molar-refractivity contribution in [3.63, 3.8) is 0 Å². The molecule has 13 nitrogen and oxygen atoms in total. The van der Waals surface area contributed by atoms with E-state index in [9.17, 15) is 10.1 Å². The van der Waals surface area contributed by atoms with Gasteiger partial charge < -0.3 is 25.1 Å². The van der Waals surface area contributed by atoms with E-state index in [1.165, 1.54) is 0 Å². The number of nitrogens with zero attached hydrogens (tertiary/aromatic N) is 8. The lowest BCUT2D eigenvalue weighted by Crippen LogP contribution is -2.59. The number of hydrogen-bond acceptors (Lipinski definition) is 9. The van der Waals surface area contributed by atoms with E-state index >= 15 is 0 Å². The molecule has 4 heterocycles. The second-order valence-corrected chi connectivity index (χ2v) is 10.3. The first-order valence-electron chi connectivity index (χ1n) is 13.9. The number of pyridine rings is 1. The number of rotatable bonds is 4. The maximum absolute atomic E-state index is 12.8. The van der Waals surface area contributed by atoms with Crippen molar-refractivity contribution >= 4 is 40.2 Å². The summed E-state index contributed by atoms with van der Waals surface area (Å²) >= 11 is 0. The van der Waals surface area contributed by atoms with Gasteiger partial charge in [0.1, 0.15) is 11.5 Å². The molecule has 0 radical (unpaired) electrons. The number of aliphatic imine (C=N–C) groups is 1. The Bertz CT molecular complexity index is 1440. The predicted octanol–water partition coefficient (Wildman–Crippen LogP) is 2.07. The quantitative estimate of drug-likeness (QED) is 0.181. The highest BCUT2D eigenvalue weighted by Crippen LogP contribution is 2.27. The maximum Gasteiger partial charge on any atom is 0.300 e. The van der Waals surface area contributed by atoms with Crippen LogP contribution in [0.5, 0.6) is 0 Å². The smallest absolute Gasteiger partial charge is 0.300 e. The normalized spacial score (nSPS) is 17.4. The van der Waals surface area contributed by atoms with Crippen LogP contribution in [0.25, 0.3) is 10.9 Å². The number of carbonyl (C=O) groups is 2. The molecule has 0 aliphatic carbocycles. The van der Waals surface area contributed by atoms with Gasteiger partial charge in [0.2, 0.25) is 5.96 Å². The minimum Gasteiger partial charge on any atom is -0.481 e. The molecule has 2 aromatic heterocycles. The Morgan fingerprint density at radius 2 is 1.86 bits per heavy atom. The van der Waals surface area contributed by atoms with Crippen LogP contribution in [0.15, 0.2) is 53.9 Å². The van der Waals surface area contributed by atoms with E-state index in [1.54, 1.807) is 18.6 Å². The van der Waals surface area contributed by atoms with Crippen LogP contribution < -0.4 is 15.5 Å².